The fourth-order valence-corrected chi connectivity index (χ4v) is 3.33. The van der Waals surface area contributed by atoms with E-state index in [1.54, 1.807) is 0 Å². The molecule has 1 unspecified atom stereocenters. The van der Waals surface area contributed by atoms with E-state index in [2.05, 4.69) is 70.3 Å². The summed E-state index contributed by atoms with van der Waals surface area (Å²) in [6.45, 7) is 12.6. The van der Waals surface area contributed by atoms with E-state index >= 15 is 0 Å². The molecular formula is C18H31N. The summed E-state index contributed by atoms with van der Waals surface area (Å²) in [5.74, 6) is 0.742. The van der Waals surface area contributed by atoms with Crippen molar-refractivity contribution in [2.45, 2.75) is 65.3 Å². The van der Waals surface area contributed by atoms with Crippen LogP contribution >= 0.6 is 0 Å². The lowest BCUT2D eigenvalue weighted by atomic mass is 9.66. The Bertz CT molecular complexity index is 340. The quantitative estimate of drug-likeness (QED) is 0.711. The van der Waals surface area contributed by atoms with Crippen LogP contribution in [-0.2, 0) is 5.41 Å². The maximum atomic E-state index is 3.68. The molecule has 0 heterocycles. The van der Waals surface area contributed by atoms with Crippen LogP contribution in [0.5, 0.6) is 0 Å². The minimum atomic E-state index is 0.273. The van der Waals surface area contributed by atoms with Gasteiger partial charge in [0.25, 0.3) is 0 Å². The Hall–Kier alpha value is -0.820. The molecule has 0 aliphatic carbocycles. The summed E-state index contributed by atoms with van der Waals surface area (Å²) in [7, 11) is 0. The summed E-state index contributed by atoms with van der Waals surface area (Å²) in [5.41, 5.74) is 1.77. The SMILES string of the molecule is CCC(CC)C(CC)(CNC(C)C)c1ccccc1. The first-order valence-electron chi connectivity index (χ1n) is 7.89. The van der Waals surface area contributed by atoms with E-state index in [-0.39, 0.29) is 5.41 Å². The smallest absolute Gasteiger partial charge is 0.0103 e. The number of hydrogen-bond acceptors (Lipinski definition) is 1. The Kier molecular flexibility index (Phi) is 6.57. The second-order valence-electron chi connectivity index (χ2n) is 5.92. The normalized spacial score (nSPS) is 14.9. The Morgan fingerprint density at radius 1 is 1.00 bits per heavy atom. The van der Waals surface area contributed by atoms with Crippen LogP contribution in [0.15, 0.2) is 30.3 Å². The van der Waals surface area contributed by atoms with Crippen molar-refractivity contribution in [2.24, 2.45) is 5.92 Å². The summed E-state index contributed by atoms with van der Waals surface area (Å²) < 4.78 is 0. The minimum Gasteiger partial charge on any atom is -0.314 e. The first kappa shape index (κ1) is 16.2. The van der Waals surface area contributed by atoms with E-state index in [1.807, 2.05) is 0 Å². The molecule has 1 atom stereocenters. The Morgan fingerprint density at radius 2 is 1.58 bits per heavy atom. The highest BCUT2D eigenvalue weighted by Crippen LogP contribution is 2.39. The summed E-state index contributed by atoms with van der Waals surface area (Å²) >= 11 is 0. The largest absolute Gasteiger partial charge is 0.314 e. The Morgan fingerprint density at radius 3 is 2.00 bits per heavy atom. The number of benzene rings is 1. The predicted octanol–water partition coefficient (Wildman–Crippen LogP) is 4.77. The van der Waals surface area contributed by atoms with Crippen LogP contribution in [0.1, 0.15) is 59.4 Å². The van der Waals surface area contributed by atoms with Gasteiger partial charge in [0, 0.05) is 18.0 Å². The van der Waals surface area contributed by atoms with Gasteiger partial charge >= 0.3 is 0 Å². The highest BCUT2D eigenvalue weighted by atomic mass is 14.9. The molecule has 0 fully saturated rings. The number of rotatable bonds is 8. The van der Waals surface area contributed by atoms with E-state index in [0.29, 0.717) is 6.04 Å². The van der Waals surface area contributed by atoms with Crippen molar-refractivity contribution in [2.75, 3.05) is 6.54 Å². The molecule has 1 N–H and O–H groups in total. The molecule has 1 nitrogen and oxygen atoms in total. The average Bonchev–Trinajstić information content (AvgIpc) is 2.44. The fraction of sp³-hybridized carbons (Fsp3) is 0.667. The summed E-state index contributed by atoms with van der Waals surface area (Å²) in [6, 6.07) is 11.6. The summed E-state index contributed by atoms with van der Waals surface area (Å²) in [6.07, 6.45) is 3.70. The first-order chi connectivity index (χ1) is 9.10. The lowest BCUT2D eigenvalue weighted by Crippen LogP contribution is -2.45. The first-order valence-corrected chi connectivity index (χ1v) is 7.89. The average molecular weight is 261 g/mol. The van der Waals surface area contributed by atoms with Crippen LogP contribution in [0.25, 0.3) is 0 Å². The Balaban J connectivity index is 3.12. The van der Waals surface area contributed by atoms with Crippen molar-refractivity contribution in [3.63, 3.8) is 0 Å². The van der Waals surface area contributed by atoms with E-state index in [1.165, 1.54) is 24.8 Å². The number of hydrogen-bond donors (Lipinski definition) is 1. The number of nitrogens with one attached hydrogen (secondary N) is 1. The molecule has 1 aromatic carbocycles. The molecule has 0 aromatic heterocycles. The van der Waals surface area contributed by atoms with Crippen molar-refractivity contribution in [1.82, 2.24) is 5.32 Å². The van der Waals surface area contributed by atoms with Crippen molar-refractivity contribution in [3.8, 4) is 0 Å². The molecule has 0 radical (unpaired) electrons. The Labute approximate surface area is 119 Å². The van der Waals surface area contributed by atoms with Crippen molar-refractivity contribution < 1.29 is 0 Å². The van der Waals surface area contributed by atoms with Crippen LogP contribution < -0.4 is 5.32 Å². The van der Waals surface area contributed by atoms with Gasteiger partial charge in [0.05, 0.1) is 0 Å². The molecular weight excluding hydrogens is 230 g/mol. The second kappa shape index (κ2) is 7.69. The third-order valence-electron chi connectivity index (χ3n) is 4.57. The maximum Gasteiger partial charge on any atom is 0.0103 e. The highest BCUT2D eigenvalue weighted by molar-refractivity contribution is 5.27. The lowest BCUT2D eigenvalue weighted by molar-refractivity contribution is 0.226. The minimum absolute atomic E-state index is 0.273. The van der Waals surface area contributed by atoms with Crippen molar-refractivity contribution >= 4 is 0 Å². The van der Waals surface area contributed by atoms with Gasteiger partial charge in [0.2, 0.25) is 0 Å². The van der Waals surface area contributed by atoms with Gasteiger partial charge in [-0.3, -0.25) is 0 Å². The molecule has 0 aliphatic heterocycles. The maximum absolute atomic E-state index is 3.68. The van der Waals surface area contributed by atoms with E-state index < -0.39 is 0 Å². The van der Waals surface area contributed by atoms with E-state index in [4.69, 9.17) is 0 Å². The standard InChI is InChI=1S/C18H31N/c1-6-16(7-2)18(8-3,14-19-15(4)5)17-12-10-9-11-13-17/h9-13,15-16,19H,6-8,14H2,1-5H3. The van der Waals surface area contributed by atoms with Crippen LogP contribution in [0.3, 0.4) is 0 Å². The molecule has 0 saturated carbocycles. The summed E-state index contributed by atoms with van der Waals surface area (Å²) in [5, 5.41) is 3.68. The molecule has 0 bridgehead atoms. The van der Waals surface area contributed by atoms with Gasteiger partial charge in [-0.1, -0.05) is 77.8 Å². The molecule has 1 rings (SSSR count). The van der Waals surface area contributed by atoms with Crippen LogP contribution in [-0.4, -0.2) is 12.6 Å². The molecule has 0 spiro atoms. The van der Waals surface area contributed by atoms with Gasteiger partial charge in [-0.15, -0.1) is 0 Å². The molecule has 0 aliphatic rings. The summed E-state index contributed by atoms with van der Waals surface area (Å²) in [4.78, 5) is 0. The van der Waals surface area contributed by atoms with Gasteiger partial charge in [-0.05, 0) is 17.9 Å². The van der Waals surface area contributed by atoms with Gasteiger partial charge in [0.15, 0.2) is 0 Å². The zero-order valence-electron chi connectivity index (χ0n) is 13.4. The van der Waals surface area contributed by atoms with Crippen LogP contribution in [0.2, 0.25) is 0 Å². The molecule has 1 heteroatoms. The van der Waals surface area contributed by atoms with Gasteiger partial charge in [-0.25, -0.2) is 0 Å². The second-order valence-corrected chi connectivity index (χ2v) is 5.92. The molecule has 0 saturated heterocycles. The fourth-order valence-electron chi connectivity index (χ4n) is 3.33. The predicted molar refractivity (Wildman–Crippen MR) is 85.6 cm³/mol. The molecule has 108 valence electrons. The van der Waals surface area contributed by atoms with Gasteiger partial charge < -0.3 is 5.32 Å². The van der Waals surface area contributed by atoms with Crippen LogP contribution in [0, 0.1) is 5.92 Å². The third-order valence-corrected chi connectivity index (χ3v) is 4.57. The van der Waals surface area contributed by atoms with Gasteiger partial charge in [-0.2, -0.15) is 0 Å². The van der Waals surface area contributed by atoms with Crippen molar-refractivity contribution in [1.29, 1.82) is 0 Å². The van der Waals surface area contributed by atoms with Crippen molar-refractivity contribution in [3.05, 3.63) is 35.9 Å². The zero-order valence-corrected chi connectivity index (χ0v) is 13.4. The third kappa shape index (κ3) is 3.82. The molecule has 1 aromatic rings. The highest BCUT2D eigenvalue weighted by Gasteiger charge is 2.36. The van der Waals surface area contributed by atoms with Gasteiger partial charge in [0.1, 0.15) is 0 Å². The van der Waals surface area contributed by atoms with Crippen LogP contribution in [0.4, 0.5) is 0 Å². The molecule has 19 heavy (non-hydrogen) atoms. The zero-order chi connectivity index (χ0) is 14.3. The topological polar surface area (TPSA) is 12.0 Å². The van der Waals surface area contributed by atoms with E-state index in [0.717, 1.165) is 12.5 Å². The van der Waals surface area contributed by atoms with E-state index in [9.17, 15) is 0 Å². The lowest BCUT2D eigenvalue weighted by Gasteiger charge is -2.41. The monoisotopic (exact) mass is 261 g/mol. The molecule has 0 amide bonds.